The lowest BCUT2D eigenvalue weighted by atomic mass is 10.2. The molecule has 2 aromatic heterocycles. The Balaban J connectivity index is 1.82. The summed E-state index contributed by atoms with van der Waals surface area (Å²) in [5, 5.41) is 4.25. The molecule has 0 saturated heterocycles. The highest BCUT2D eigenvalue weighted by atomic mass is 32.1. The Labute approximate surface area is 145 Å². The van der Waals surface area contributed by atoms with Crippen LogP contribution in [0.5, 0.6) is 5.75 Å². The van der Waals surface area contributed by atoms with Gasteiger partial charge in [0.25, 0.3) is 5.56 Å². The standard InChI is InChI=1S/C18H12FN3O2S/c1-24-14-5-3-2-4-12(14)10-15-17(23)22-18(25-15)20-16(21-22)11-6-8-13(19)9-7-11/h2-10H,1H3/b15-10-. The molecule has 5 nitrogen and oxygen atoms in total. The topological polar surface area (TPSA) is 56.5 Å². The van der Waals surface area contributed by atoms with Crippen LogP contribution < -0.4 is 14.8 Å². The zero-order valence-corrected chi connectivity index (χ0v) is 14.0. The van der Waals surface area contributed by atoms with Crippen molar-refractivity contribution in [2.45, 2.75) is 0 Å². The molecular formula is C18H12FN3O2S. The first-order valence-electron chi connectivity index (χ1n) is 7.46. The molecule has 4 aromatic rings. The van der Waals surface area contributed by atoms with E-state index in [-0.39, 0.29) is 11.4 Å². The number of hydrogen-bond donors (Lipinski definition) is 0. The molecule has 25 heavy (non-hydrogen) atoms. The van der Waals surface area contributed by atoms with Crippen molar-refractivity contribution in [2.24, 2.45) is 0 Å². The molecule has 0 bridgehead atoms. The van der Waals surface area contributed by atoms with Crippen molar-refractivity contribution in [1.82, 2.24) is 14.6 Å². The molecule has 2 aromatic carbocycles. The fraction of sp³-hybridized carbons (Fsp3) is 0.0556. The lowest BCUT2D eigenvalue weighted by molar-refractivity contribution is 0.414. The summed E-state index contributed by atoms with van der Waals surface area (Å²) in [7, 11) is 1.59. The SMILES string of the molecule is COc1ccccc1/C=c1\sc2nc(-c3ccc(F)cc3)nn2c1=O. The van der Waals surface area contributed by atoms with Gasteiger partial charge in [-0.15, -0.1) is 5.10 Å². The van der Waals surface area contributed by atoms with Gasteiger partial charge in [0.2, 0.25) is 4.96 Å². The van der Waals surface area contributed by atoms with Gasteiger partial charge in [0.05, 0.1) is 11.6 Å². The zero-order valence-electron chi connectivity index (χ0n) is 13.1. The summed E-state index contributed by atoms with van der Waals surface area (Å²) >= 11 is 1.25. The van der Waals surface area contributed by atoms with Crippen LogP contribution in [0, 0.1) is 5.82 Å². The summed E-state index contributed by atoms with van der Waals surface area (Å²) in [4.78, 5) is 17.4. The van der Waals surface area contributed by atoms with Gasteiger partial charge in [0.1, 0.15) is 11.6 Å². The molecule has 2 heterocycles. The highest BCUT2D eigenvalue weighted by molar-refractivity contribution is 7.15. The van der Waals surface area contributed by atoms with Gasteiger partial charge in [-0.2, -0.15) is 9.50 Å². The number of thiazole rings is 1. The van der Waals surface area contributed by atoms with Crippen LogP contribution in [0.2, 0.25) is 0 Å². The van der Waals surface area contributed by atoms with Crippen LogP contribution in [0.3, 0.4) is 0 Å². The maximum Gasteiger partial charge on any atom is 0.291 e. The van der Waals surface area contributed by atoms with E-state index >= 15 is 0 Å². The summed E-state index contributed by atoms with van der Waals surface area (Å²) in [6.07, 6.45) is 1.76. The molecule has 0 radical (unpaired) electrons. The van der Waals surface area contributed by atoms with E-state index in [4.69, 9.17) is 4.74 Å². The molecule has 0 aliphatic heterocycles. The zero-order chi connectivity index (χ0) is 17.4. The first kappa shape index (κ1) is 15.5. The number of fused-ring (bicyclic) bond motifs is 1. The van der Waals surface area contributed by atoms with Crippen molar-refractivity contribution in [1.29, 1.82) is 0 Å². The minimum absolute atomic E-state index is 0.244. The molecular weight excluding hydrogens is 341 g/mol. The van der Waals surface area contributed by atoms with Gasteiger partial charge in [-0.05, 0) is 36.4 Å². The monoisotopic (exact) mass is 353 g/mol. The van der Waals surface area contributed by atoms with Gasteiger partial charge in [-0.3, -0.25) is 4.79 Å². The second kappa shape index (κ2) is 6.10. The van der Waals surface area contributed by atoms with E-state index in [1.807, 2.05) is 24.3 Å². The van der Waals surface area contributed by atoms with Crippen LogP contribution in [0.15, 0.2) is 53.3 Å². The first-order valence-corrected chi connectivity index (χ1v) is 8.27. The molecule has 0 saturated carbocycles. The van der Waals surface area contributed by atoms with Crippen LogP contribution >= 0.6 is 11.3 Å². The maximum atomic E-state index is 13.0. The average Bonchev–Trinajstić information content (AvgIpc) is 3.16. The van der Waals surface area contributed by atoms with Crippen molar-refractivity contribution in [3.05, 3.63) is 74.8 Å². The molecule has 0 atom stereocenters. The number of halogens is 1. The molecule has 0 amide bonds. The second-order valence-electron chi connectivity index (χ2n) is 5.29. The third kappa shape index (κ3) is 2.78. The molecule has 0 aliphatic carbocycles. The predicted octanol–water partition coefficient (Wildman–Crippen LogP) is 2.51. The first-order chi connectivity index (χ1) is 12.2. The van der Waals surface area contributed by atoms with Crippen molar-refractivity contribution in [2.75, 3.05) is 7.11 Å². The summed E-state index contributed by atoms with van der Waals surface area (Å²) in [5.74, 6) is 0.753. The van der Waals surface area contributed by atoms with Gasteiger partial charge >= 0.3 is 0 Å². The van der Waals surface area contributed by atoms with E-state index in [0.717, 1.165) is 5.56 Å². The molecule has 0 N–H and O–H groups in total. The predicted molar refractivity (Wildman–Crippen MR) is 94.3 cm³/mol. The number of aromatic nitrogens is 3. The fourth-order valence-electron chi connectivity index (χ4n) is 2.48. The summed E-state index contributed by atoms with van der Waals surface area (Å²) in [6.45, 7) is 0. The van der Waals surface area contributed by atoms with E-state index in [9.17, 15) is 9.18 Å². The van der Waals surface area contributed by atoms with Crippen molar-refractivity contribution >= 4 is 22.4 Å². The molecule has 0 spiro atoms. The minimum Gasteiger partial charge on any atom is -0.496 e. The van der Waals surface area contributed by atoms with Crippen molar-refractivity contribution in [3.63, 3.8) is 0 Å². The number of rotatable bonds is 3. The summed E-state index contributed by atoms with van der Waals surface area (Å²) in [6, 6.07) is 13.3. The van der Waals surface area contributed by atoms with E-state index in [2.05, 4.69) is 10.1 Å². The highest BCUT2D eigenvalue weighted by Crippen LogP contribution is 2.19. The van der Waals surface area contributed by atoms with Crippen LogP contribution in [0.4, 0.5) is 4.39 Å². The van der Waals surface area contributed by atoms with Gasteiger partial charge < -0.3 is 4.74 Å². The minimum atomic E-state index is -0.331. The Bertz CT molecular complexity index is 1170. The third-order valence-electron chi connectivity index (χ3n) is 3.71. The largest absolute Gasteiger partial charge is 0.496 e. The Hall–Kier alpha value is -3.06. The van der Waals surface area contributed by atoms with Crippen molar-refractivity contribution < 1.29 is 9.13 Å². The quantitative estimate of drug-likeness (QED) is 0.568. The smallest absolute Gasteiger partial charge is 0.291 e. The van der Waals surface area contributed by atoms with Gasteiger partial charge in [0.15, 0.2) is 5.82 Å². The van der Waals surface area contributed by atoms with E-state index in [1.54, 1.807) is 25.3 Å². The molecule has 0 fully saturated rings. The number of hydrogen-bond acceptors (Lipinski definition) is 5. The van der Waals surface area contributed by atoms with Crippen LogP contribution in [-0.2, 0) is 0 Å². The lowest BCUT2D eigenvalue weighted by Crippen LogP contribution is -2.23. The van der Waals surface area contributed by atoms with Crippen LogP contribution in [-0.4, -0.2) is 21.7 Å². The number of benzene rings is 2. The molecule has 7 heteroatoms. The van der Waals surface area contributed by atoms with Crippen LogP contribution in [0.25, 0.3) is 22.4 Å². The van der Waals surface area contributed by atoms with Gasteiger partial charge in [0, 0.05) is 11.1 Å². The van der Waals surface area contributed by atoms with Crippen LogP contribution in [0.1, 0.15) is 5.56 Å². The lowest BCUT2D eigenvalue weighted by Gasteiger charge is -2.02. The molecule has 124 valence electrons. The van der Waals surface area contributed by atoms with E-state index < -0.39 is 0 Å². The number of methoxy groups -OCH3 is 1. The average molecular weight is 353 g/mol. The Morgan fingerprint density at radius 1 is 1.16 bits per heavy atom. The van der Waals surface area contributed by atoms with Gasteiger partial charge in [-0.25, -0.2) is 4.39 Å². The van der Waals surface area contributed by atoms with E-state index in [1.165, 1.54) is 28.0 Å². The Morgan fingerprint density at radius 2 is 1.92 bits per heavy atom. The maximum absolute atomic E-state index is 13.0. The second-order valence-corrected chi connectivity index (χ2v) is 6.30. The van der Waals surface area contributed by atoms with Gasteiger partial charge in [-0.1, -0.05) is 29.5 Å². The number of nitrogens with zero attached hydrogens (tertiary/aromatic N) is 3. The molecule has 0 unspecified atom stereocenters. The highest BCUT2D eigenvalue weighted by Gasteiger charge is 2.12. The summed E-state index contributed by atoms with van der Waals surface area (Å²) < 4.78 is 20.1. The Morgan fingerprint density at radius 3 is 2.64 bits per heavy atom. The fourth-order valence-corrected chi connectivity index (χ4v) is 3.38. The molecule has 4 rings (SSSR count). The normalized spacial score (nSPS) is 12.0. The Kier molecular flexibility index (Phi) is 3.77. The number of para-hydroxylation sites is 1. The van der Waals surface area contributed by atoms with Crippen molar-refractivity contribution in [3.8, 4) is 17.1 Å². The third-order valence-corrected chi connectivity index (χ3v) is 4.67. The number of ether oxygens (including phenoxy) is 1. The summed E-state index contributed by atoms with van der Waals surface area (Å²) in [5.41, 5.74) is 1.23. The molecule has 0 aliphatic rings. The van der Waals surface area contributed by atoms with E-state index in [0.29, 0.717) is 26.6 Å².